The first-order valence-corrected chi connectivity index (χ1v) is 8.55. The molecule has 1 aliphatic heterocycles. The van der Waals surface area contributed by atoms with Crippen molar-refractivity contribution in [3.63, 3.8) is 0 Å². The lowest BCUT2D eigenvalue weighted by Gasteiger charge is -2.46. The zero-order valence-electron chi connectivity index (χ0n) is 13.2. The number of nitrogens with zero attached hydrogens (tertiary/aromatic N) is 1. The molecule has 1 unspecified atom stereocenters. The molecule has 0 aromatic carbocycles. The van der Waals surface area contributed by atoms with E-state index in [-0.39, 0.29) is 5.54 Å². The molecule has 114 valence electrons. The summed E-state index contributed by atoms with van der Waals surface area (Å²) >= 11 is 1.85. The molecule has 0 spiro atoms. The molecule has 0 radical (unpaired) electrons. The van der Waals surface area contributed by atoms with Crippen molar-refractivity contribution in [1.29, 1.82) is 0 Å². The number of rotatable bonds is 6. The molecule has 1 fully saturated rings. The van der Waals surface area contributed by atoms with Gasteiger partial charge < -0.3 is 10.1 Å². The van der Waals surface area contributed by atoms with Gasteiger partial charge in [-0.3, -0.25) is 4.90 Å². The fourth-order valence-corrected chi connectivity index (χ4v) is 3.79. The van der Waals surface area contributed by atoms with Crippen LogP contribution in [0.25, 0.3) is 0 Å². The average molecular weight is 296 g/mol. The first kappa shape index (κ1) is 16.0. The topological polar surface area (TPSA) is 24.5 Å². The quantitative estimate of drug-likeness (QED) is 0.872. The molecule has 1 N–H and O–H groups in total. The third-order valence-electron chi connectivity index (χ3n) is 4.34. The fraction of sp³-hybridized carbons (Fsp3) is 0.750. The first-order valence-electron chi connectivity index (χ1n) is 7.67. The van der Waals surface area contributed by atoms with Crippen LogP contribution in [0.5, 0.6) is 0 Å². The van der Waals surface area contributed by atoms with Crippen LogP contribution in [0.3, 0.4) is 0 Å². The van der Waals surface area contributed by atoms with E-state index in [9.17, 15) is 0 Å². The highest BCUT2D eigenvalue weighted by Crippen LogP contribution is 2.35. The number of morpholine rings is 1. The summed E-state index contributed by atoms with van der Waals surface area (Å²) in [6.07, 6.45) is 1.17. The van der Waals surface area contributed by atoms with Crippen LogP contribution in [0, 0.1) is 6.92 Å². The van der Waals surface area contributed by atoms with Crippen molar-refractivity contribution < 1.29 is 4.74 Å². The minimum Gasteiger partial charge on any atom is -0.379 e. The van der Waals surface area contributed by atoms with Gasteiger partial charge in [-0.2, -0.15) is 0 Å². The van der Waals surface area contributed by atoms with Crippen molar-refractivity contribution in [1.82, 2.24) is 10.2 Å². The van der Waals surface area contributed by atoms with E-state index < -0.39 is 0 Å². The Balaban J connectivity index is 2.22. The van der Waals surface area contributed by atoms with Gasteiger partial charge in [0, 0.05) is 23.5 Å². The summed E-state index contributed by atoms with van der Waals surface area (Å²) in [6, 6.07) is 2.67. The van der Waals surface area contributed by atoms with Crippen molar-refractivity contribution in [2.45, 2.75) is 45.7 Å². The van der Waals surface area contributed by atoms with Crippen molar-refractivity contribution >= 4 is 11.3 Å². The number of thiophene rings is 1. The highest BCUT2D eigenvalue weighted by atomic mass is 32.1. The molecule has 1 atom stereocenters. The largest absolute Gasteiger partial charge is 0.379 e. The lowest BCUT2D eigenvalue weighted by Crippen LogP contribution is -2.56. The second-order valence-corrected chi connectivity index (χ2v) is 7.19. The van der Waals surface area contributed by atoms with E-state index in [1.54, 1.807) is 0 Å². The van der Waals surface area contributed by atoms with Gasteiger partial charge in [-0.15, -0.1) is 11.3 Å². The maximum Gasteiger partial charge on any atom is 0.0594 e. The molecule has 1 saturated heterocycles. The Morgan fingerprint density at radius 1 is 1.40 bits per heavy atom. The summed E-state index contributed by atoms with van der Waals surface area (Å²) in [5, 5.41) is 5.98. The normalized spacial score (nSPS) is 19.2. The van der Waals surface area contributed by atoms with Crippen LogP contribution in [-0.4, -0.2) is 43.3 Å². The van der Waals surface area contributed by atoms with Gasteiger partial charge in [0.05, 0.1) is 19.3 Å². The first-order chi connectivity index (χ1) is 9.57. The van der Waals surface area contributed by atoms with Gasteiger partial charge in [0.15, 0.2) is 0 Å². The number of hydrogen-bond donors (Lipinski definition) is 1. The summed E-state index contributed by atoms with van der Waals surface area (Å²) in [5.41, 5.74) is 1.56. The summed E-state index contributed by atoms with van der Waals surface area (Å²) in [4.78, 5) is 4.00. The zero-order chi connectivity index (χ0) is 14.6. The summed E-state index contributed by atoms with van der Waals surface area (Å²) in [5.74, 6) is 0. The van der Waals surface area contributed by atoms with Crippen molar-refractivity contribution in [3.05, 3.63) is 21.9 Å². The molecule has 1 aliphatic rings. The number of hydrogen-bond acceptors (Lipinski definition) is 4. The van der Waals surface area contributed by atoms with Crippen LogP contribution < -0.4 is 5.32 Å². The van der Waals surface area contributed by atoms with E-state index in [2.05, 4.69) is 49.4 Å². The highest BCUT2D eigenvalue weighted by molar-refractivity contribution is 7.10. The van der Waals surface area contributed by atoms with Gasteiger partial charge in [-0.1, -0.05) is 6.92 Å². The van der Waals surface area contributed by atoms with Crippen molar-refractivity contribution in [2.75, 3.05) is 32.8 Å². The van der Waals surface area contributed by atoms with Gasteiger partial charge in [-0.05, 0) is 50.7 Å². The highest BCUT2D eigenvalue weighted by Gasteiger charge is 2.37. The van der Waals surface area contributed by atoms with E-state index in [1.807, 2.05) is 11.3 Å². The number of nitrogens with one attached hydrogen (secondary N) is 1. The van der Waals surface area contributed by atoms with Crippen molar-refractivity contribution in [2.24, 2.45) is 0 Å². The van der Waals surface area contributed by atoms with E-state index in [0.29, 0.717) is 6.04 Å². The Morgan fingerprint density at radius 3 is 2.65 bits per heavy atom. The second-order valence-electron chi connectivity index (χ2n) is 6.07. The standard InChI is InChI=1S/C16H28N2OS/c1-5-7-17-15(14-6-12-20-13(14)2)16(3,4)18-8-10-19-11-9-18/h6,12,15,17H,5,7-11H2,1-4H3. The molecular weight excluding hydrogens is 268 g/mol. The molecule has 1 aromatic rings. The smallest absolute Gasteiger partial charge is 0.0594 e. The third kappa shape index (κ3) is 3.42. The van der Waals surface area contributed by atoms with Gasteiger partial charge in [0.2, 0.25) is 0 Å². The molecule has 1 aromatic heterocycles. The minimum absolute atomic E-state index is 0.102. The monoisotopic (exact) mass is 296 g/mol. The molecule has 0 bridgehead atoms. The van der Waals surface area contributed by atoms with Crippen LogP contribution in [0.4, 0.5) is 0 Å². The number of aryl methyl sites for hydroxylation is 1. The van der Waals surface area contributed by atoms with Gasteiger partial charge >= 0.3 is 0 Å². The van der Waals surface area contributed by atoms with Crippen LogP contribution in [0.15, 0.2) is 11.4 Å². The molecule has 0 aliphatic carbocycles. The molecule has 0 amide bonds. The van der Waals surface area contributed by atoms with E-state index >= 15 is 0 Å². The second kappa shape index (κ2) is 7.03. The maximum atomic E-state index is 5.51. The number of ether oxygens (including phenoxy) is 1. The van der Waals surface area contributed by atoms with Crippen LogP contribution in [0.2, 0.25) is 0 Å². The van der Waals surface area contributed by atoms with E-state index in [4.69, 9.17) is 4.74 Å². The summed E-state index contributed by atoms with van der Waals surface area (Å²) < 4.78 is 5.51. The molecule has 3 nitrogen and oxygen atoms in total. The molecule has 0 saturated carbocycles. The average Bonchev–Trinajstić information content (AvgIpc) is 2.86. The van der Waals surface area contributed by atoms with E-state index in [1.165, 1.54) is 16.9 Å². The molecular formula is C16H28N2OS. The SMILES string of the molecule is CCCNC(c1ccsc1C)C(C)(C)N1CCOCC1. The van der Waals surface area contributed by atoms with Crippen LogP contribution >= 0.6 is 11.3 Å². The van der Waals surface area contributed by atoms with Gasteiger partial charge in [-0.25, -0.2) is 0 Å². The Morgan fingerprint density at radius 2 is 2.10 bits per heavy atom. The van der Waals surface area contributed by atoms with Crippen LogP contribution in [-0.2, 0) is 4.74 Å². The Hall–Kier alpha value is -0.420. The lowest BCUT2D eigenvalue weighted by atomic mass is 9.86. The Kier molecular flexibility index (Phi) is 5.61. The van der Waals surface area contributed by atoms with Crippen molar-refractivity contribution in [3.8, 4) is 0 Å². The summed E-state index contributed by atoms with van der Waals surface area (Å²) in [6.45, 7) is 14.0. The predicted molar refractivity (Wildman–Crippen MR) is 86.6 cm³/mol. The Labute approximate surface area is 127 Å². The molecule has 2 heterocycles. The Bertz CT molecular complexity index is 410. The molecule has 2 rings (SSSR count). The van der Waals surface area contributed by atoms with Gasteiger partial charge in [0.1, 0.15) is 0 Å². The van der Waals surface area contributed by atoms with E-state index in [0.717, 1.165) is 32.8 Å². The van der Waals surface area contributed by atoms with Gasteiger partial charge in [0.25, 0.3) is 0 Å². The molecule has 20 heavy (non-hydrogen) atoms. The third-order valence-corrected chi connectivity index (χ3v) is 5.20. The summed E-state index contributed by atoms with van der Waals surface area (Å²) in [7, 11) is 0. The molecule has 4 heteroatoms. The zero-order valence-corrected chi connectivity index (χ0v) is 14.1. The predicted octanol–water partition coefficient (Wildman–Crippen LogP) is 3.21. The van der Waals surface area contributed by atoms with Crippen LogP contribution in [0.1, 0.15) is 43.7 Å². The minimum atomic E-state index is 0.102. The maximum absolute atomic E-state index is 5.51. The lowest BCUT2D eigenvalue weighted by molar-refractivity contribution is -0.0238. The fourth-order valence-electron chi connectivity index (χ4n) is 3.05.